The van der Waals surface area contributed by atoms with E-state index in [1.165, 1.54) is 0 Å². The highest BCUT2D eigenvalue weighted by molar-refractivity contribution is 6.04. The highest BCUT2D eigenvalue weighted by atomic mass is 16.5. The zero-order valence-electron chi connectivity index (χ0n) is 19.7. The topological polar surface area (TPSA) is 97.0 Å². The van der Waals surface area contributed by atoms with Crippen LogP contribution in [0, 0.1) is 5.92 Å². The van der Waals surface area contributed by atoms with E-state index in [1.807, 2.05) is 62.4 Å². The van der Waals surface area contributed by atoms with Crippen LogP contribution in [0.15, 0.2) is 60.8 Å². The summed E-state index contributed by atoms with van der Waals surface area (Å²) in [4.78, 5) is 30.4. The van der Waals surface area contributed by atoms with Crippen molar-refractivity contribution in [2.75, 3.05) is 0 Å². The molecule has 0 spiro atoms. The summed E-state index contributed by atoms with van der Waals surface area (Å²) >= 11 is 0. The number of carbonyl (C=O) groups excluding carboxylic acids is 2. The maximum absolute atomic E-state index is 13.2. The van der Waals surface area contributed by atoms with Crippen LogP contribution in [-0.4, -0.2) is 32.5 Å². The number of ether oxygens (including phenoxy) is 1. The maximum atomic E-state index is 13.2. The van der Waals surface area contributed by atoms with Crippen LogP contribution in [0.3, 0.4) is 0 Å². The van der Waals surface area contributed by atoms with Crippen molar-refractivity contribution in [3.05, 3.63) is 77.6 Å². The summed E-state index contributed by atoms with van der Waals surface area (Å²) in [5.41, 5.74) is 3.81. The molecule has 1 aliphatic carbocycles. The Bertz CT molecular complexity index is 1450. The maximum Gasteiger partial charge on any atom is 0.251 e. The number of amides is 1. The molecule has 0 saturated heterocycles. The van der Waals surface area contributed by atoms with Crippen molar-refractivity contribution in [2.24, 2.45) is 5.92 Å². The van der Waals surface area contributed by atoms with Gasteiger partial charge in [0.15, 0.2) is 5.78 Å². The van der Waals surface area contributed by atoms with Crippen molar-refractivity contribution in [3.8, 4) is 17.0 Å². The largest absolute Gasteiger partial charge is 0.487 e. The third-order valence-corrected chi connectivity index (χ3v) is 6.74. The Morgan fingerprint density at radius 2 is 2.00 bits per heavy atom. The minimum absolute atomic E-state index is 0.0543. The molecule has 1 saturated carbocycles. The van der Waals surface area contributed by atoms with Crippen molar-refractivity contribution in [1.82, 2.24) is 20.5 Å². The van der Waals surface area contributed by atoms with Crippen LogP contribution in [0.2, 0.25) is 0 Å². The fourth-order valence-corrected chi connectivity index (χ4v) is 4.82. The van der Waals surface area contributed by atoms with Crippen LogP contribution in [0.4, 0.5) is 0 Å². The van der Waals surface area contributed by atoms with Crippen LogP contribution >= 0.6 is 0 Å². The van der Waals surface area contributed by atoms with Crippen molar-refractivity contribution in [2.45, 2.75) is 44.8 Å². The number of aromatic amines is 1. The summed E-state index contributed by atoms with van der Waals surface area (Å²) in [5.74, 6) is 0.925. The number of carbonyl (C=O) groups is 2. The zero-order valence-corrected chi connectivity index (χ0v) is 19.7. The van der Waals surface area contributed by atoms with Crippen LogP contribution in [-0.2, 0) is 0 Å². The zero-order chi connectivity index (χ0) is 24.2. The normalized spacial score (nSPS) is 17.5. The Hall–Kier alpha value is -4.00. The number of hydrogen-bond acceptors (Lipinski definition) is 5. The molecule has 1 atom stereocenters. The molecule has 2 N–H and O–H groups in total. The van der Waals surface area contributed by atoms with E-state index >= 15 is 0 Å². The molecule has 7 nitrogen and oxygen atoms in total. The molecule has 2 aliphatic rings. The molecule has 1 amide bonds. The number of benzene rings is 2. The van der Waals surface area contributed by atoms with E-state index in [-0.39, 0.29) is 17.7 Å². The van der Waals surface area contributed by atoms with Crippen LogP contribution in [0.1, 0.15) is 65.6 Å². The van der Waals surface area contributed by atoms with Crippen LogP contribution < -0.4 is 10.1 Å². The molecule has 3 heterocycles. The van der Waals surface area contributed by atoms with E-state index in [9.17, 15) is 9.59 Å². The third kappa shape index (κ3) is 4.07. The summed E-state index contributed by atoms with van der Waals surface area (Å²) in [7, 11) is 0. The average molecular weight is 467 g/mol. The highest BCUT2D eigenvalue weighted by Crippen LogP contribution is 2.41. The van der Waals surface area contributed by atoms with Gasteiger partial charge in [0.25, 0.3) is 5.91 Å². The molecule has 4 aromatic rings. The van der Waals surface area contributed by atoms with Crippen molar-refractivity contribution < 1.29 is 14.3 Å². The molecule has 6 rings (SSSR count). The predicted octanol–water partition coefficient (Wildman–Crippen LogP) is 5.25. The Morgan fingerprint density at radius 3 is 2.77 bits per heavy atom. The second-order valence-corrected chi connectivity index (χ2v) is 10.0. The summed E-state index contributed by atoms with van der Waals surface area (Å²) in [6.45, 7) is 3.83. The first-order valence-corrected chi connectivity index (χ1v) is 11.9. The number of nitrogens with zero attached hydrogens (tertiary/aromatic N) is 2. The van der Waals surface area contributed by atoms with E-state index in [2.05, 4.69) is 20.5 Å². The smallest absolute Gasteiger partial charge is 0.251 e. The lowest BCUT2D eigenvalue weighted by Gasteiger charge is -2.31. The molecule has 2 aromatic carbocycles. The van der Waals surface area contributed by atoms with Gasteiger partial charge >= 0.3 is 0 Å². The monoisotopic (exact) mass is 466 g/mol. The van der Waals surface area contributed by atoms with Gasteiger partial charge in [-0.3, -0.25) is 19.7 Å². The summed E-state index contributed by atoms with van der Waals surface area (Å²) in [5, 5.41) is 11.6. The van der Waals surface area contributed by atoms with Gasteiger partial charge in [-0.1, -0.05) is 6.07 Å². The van der Waals surface area contributed by atoms with Crippen molar-refractivity contribution >= 4 is 22.6 Å². The van der Waals surface area contributed by atoms with Gasteiger partial charge in [-0.2, -0.15) is 5.10 Å². The molecular weight excluding hydrogens is 440 g/mol. The van der Waals surface area contributed by atoms with Gasteiger partial charge in [0, 0.05) is 22.7 Å². The van der Waals surface area contributed by atoms with E-state index in [1.54, 1.807) is 12.3 Å². The fourth-order valence-electron chi connectivity index (χ4n) is 4.82. The minimum atomic E-state index is -0.513. The fraction of sp³-hybridized carbons (Fsp3) is 0.286. The molecule has 7 heteroatoms. The lowest BCUT2D eigenvalue weighted by molar-refractivity contribution is 0.0620. The number of hydrogen-bond donors (Lipinski definition) is 2. The number of H-pyrrole nitrogens is 1. The average Bonchev–Trinajstić information content (AvgIpc) is 3.60. The predicted molar refractivity (Wildman–Crippen MR) is 132 cm³/mol. The first-order valence-electron chi connectivity index (χ1n) is 11.9. The molecule has 0 unspecified atom stereocenters. The van der Waals surface area contributed by atoms with Gasteiger partial charge in [-0.05, 0) is 81.1 Å². The Balaban J connectivity index is 1.32. The molecule has 0 bridgehead atoms. The second-order valence-electron chi connectivity index (χ2n) is 10.0. The first-order chi connectivity index (χ1) is 16.9. The summed E-state index contributed by atoms with van der Waals surface area (Å²) in [6, 6.07) is 16.8. The van der Waals surface area contributed by atoms with Gasteiger partial charge < -0.3 is 10.1 Å². The first kappa shape index (κ1) is 21.5. The quantitative estimate of drug-likeness (QED) is 0.419. The summed E-state index contributed by atoms with van der Waals surface area (Å²) < 4.78 is 5.99. The number of aromatic nitrogens is 3. The van der Waals surface area contributed by atoms with E-state index in [4.69, 9.17) is 4.74 Å². The third-order valence-electron chi connectivity index (χ3n) is 6.74. The Kier molecular flexibility index (Phi) is 4.95. The molecule has 1 aliphatic heterocycles. The van der Waals surface area contributed by atoms with Gasteiger partial charge in [0.05, 0.1) is 34.9 Å². The number of fused-ring (bicyclic) bond motifs is 2. The molecule has 0 radical (unpaired) electrons. The Labute approximate surface area is 202 Å². The lowest BCUT2D eigenvalue weighted by Crippen LogP contribution is -2.35. The molecule has 2 aromatic heterocycles. The molecule has 1 fully saturated rings. The number of nitrogens with one attached hydrogen (secondary N) is 2. The SMILES string of the molecule is CC1(C)CC(=O)c2cc(-c3n[nH]c4ccc(C(=O)N[C@H](c5ccccn5)C5CC5)cc34)ccc2O1. The van der Waals surface area contributed by atoms with Crippen molar-refractivity contribution in [1.29, 1.82) is 0 Å². The summed E-state index contributed by atoms with van der Waals surface area (Å²) in [6.07, 6.45) is 4.26. The van der Waals surface area contributed by atoms with Crippen molar-refractivity contribution in [3.63, 3.8) is 0 Å². The molecule has 35 heavy (non-hydrogen) atoms. The van der Waals surface area contributed by atoms with E-state index < -0.39 is 5.60 Å². The second kappa shape index (κ2) is 8.05. The molecule has 176 valence electrons. The van der Waals surface area contributed by atoms with Gasteiger partial charge in [0.1, 0.15) is 11.4 Å². The molecular formula is C28H26N4O3. The lowest BCUT2D eigenvalue weighted by atomic mass is 9.91. The number of pyridine rings is 1. The minimum Gasteiger partial charge on any atom is -0.487 e. The Morgan fingerprint density at radius 1 is 1.14 bits per heavy atom. The number of ketones is 1. The standard InChI is InChI=1S/C28H26N4O3/c1-28(2)15-23(33)20-13-17(9-11-24(20)35-28)25-19-14-18(8-10-21(19)31-32-25)27(34)30-26(16-6-7-16)22-5-3-4-12-29-22/h3-5,8-14,16,26H,6-7,15H2,1-2H3,(H,30,34)(H,31,32)/t26-/m0/s1. The van der Waals surface area contributed by atoms with Crippen LogP contribution in [0.5, 0.6) is 5.75 Å². The van der Waals surface area contributed by atoms with Gasteiger partial charge in [-0.25, -0.2) is 0 Å². The van der Waals surface area contributed by atoms with Gasteiger partial charge in [0.2, 0.25) is 0 Å². The number of rotatable bonds is 5. The van der Waals surface area contributed by atoms with Gasteiger partial charge in [-0.15, -0.1) is 0 Å². The number of Topliss-reactive ketones (excluding diaryl/α,β-unsaturated/α-hetero) is 1. The van der Waals surface area contributed by atoms with Crippen LogP contribution in [0.25, 0.3) is 22.2 Å². The highest BCUT2D eigenvalue weighted by Gasteiger charge is 2.35. The van der Waals surface area contributed by atoms with E-state index in [0.717, 1.165) is 35.0 Å². The van der Waals surface area contributed by atoms with E-state index in [0.29, 0.717) is 34.9 Å².